The van der Waals surface area contributed by atoms with Crippen LogP contribution in [-0.4, -0.2) is 18.5 Å². The lowest BCUT2D eigenvalue weighted by Crippen LogP contribution is -2.16. The Bertz CT molecular complexity index is 728. The molecule has 0 fully saturated rings. The molecule has 5 heteroatoms. The predicted molar refractivity (Wildman–Crippen MR) is 90.9 cm³/mol. The molecule has 0 bridgehead atoms. The van der Waals surface area contributed by atoms with Gasteiger partial charge in [0.1, 0.15) is 0 Å². The Hall–Kier alpha value is -2.33. The molecule has 1 amide bonds. The minimum absolute atomic E-state index is 0.170. The number of carbonyl (C=O) groups is 2. The Morgan fingerprint density at radius 1 is 1.17 bits per heavy atom. The third kappa shape index (κ3) is 4.57. The first-order valence-electron chi connectivity index (χ1n) is 7.32. The number of benzene rings is 2. The van der Waals surface area contributed by atoms with Crippen molar-refractivity contribution in [3.8, 4) is 0 Å². The fourth-order valence-electron chi connectivity index (χ4n) is 2.23. The molecule has 23 heavy (non-hydrogen) atoms. The summed E-state index contributed by atoms with van der Waals surface area (Å²) < 4.78 is 5.01. The zero-order chi connectivity index (χ0) is 16.8. The molecular weight excluding hydrogens is 314 g/mol. The second-order valence-corrected chi connectivity index (χ2v) is 5.49. The number of rotatable bonds is 5. The maximum absolute atomic E-state index is 12.2. The van der Waals surface area contributed by atoms with Crippen molar-refractivity contribution < 1.29 is 14.3 Å². The Balaban J connectivity index is 2.12. The lowest BCUT2D eigenvalue weighted by atomic mass is 10.1. The summed E-state index contributed by atoms with van der Waals surface area (Å²) >= 11 is 5.92. The van der Waals surface area contributed by atoms with Gasteiger partial charge in [-0.2, -0.15) is 0 Å². The molecule has 0 aliphatic carbocycles. The van der Waals surface area contributed by atoms with Gasteiger partial charge >= 0.3 is 5.97 Å². The molecule has 0 heterocycles. The molecule has 0 spiro atoms. The Labute approximate surface area is 140 Å². The number of carbonyl (C=O) groups excluding carboxylic acids is 2. The van der Waals surface area contributed by atoms with Gasteiger partial charge in [0.2, 0.25) is 5.91 Å². The SMILES string of the molecule is CCOC(=O)c1cccc(NC(=O)Cc2cccc(Cl)c2)c1C. The number of esters is 1. The topological polar surface area (TPSA) is 55.4 Å². The number of anilines is 1. The highest BCUT2D eigenvalue weighted by atomic mass is 35.5. The van der Waals surface area contributed by atoms with E-state index in [1.54, 1.807) is 50.2 Å². The van der Waals surface area contributed by atoms with Crippen molar-refractivity contribution >= 4 is 29.2 Å². The number of halogens is 1. The van der Waals surface area contributed by atoms with Crippen LogP contribution >= 0.6 is 11.6 Å². The first kappa shape index (κ1) is 17.0. The van der Waals surface area contributed by atoms with E-state index < -0.39 is 5.97 Å². The van der Waals surface area contributed by atoms with Crippen LogP contribution < -0.4 is 5.32 Å². The molecule has 0 radical (unpaired) electrons. The zero-order valence-corrected chi connectivity index (χ0v) is 13.8. The van der Waals surface area contributed by atoms with E-state index in [1.165, 1.54) is 0 Å². The summed E-state index contributed by atoms with van der Waals surface area (Å²) in [4.78, 5) is 24.1. The van der Waals surface area contributed by atoms with E-state index >= 15 is 0 Å². The lowest BCUT2D eigenvalue weighted by molar-refractivity contribution is -0.115. The van der Waals surface area contributed by atoms with Crippen molar-refractivity contribution in [2.75, 3.05) is 11.9 Å². The van der Waals surface area contributed by atoms with Crippen molar-refractivity contribution in [3.63, 3.8) is 0 Å². The van der Waals surface area contributed by atoms with Gasteiger partial charge in [0.15, 0.2) is 0 Å². The summed E-state index contributed by atoms with van der Waals surface area (Å²) in [5, 5.41) is 3.42. The predicted octanol–water partition coefficient (Wildman–Crippen LogP) is 4.01. The number of nitrogens with one attached hydrogen (secondary N) is 1. The molecule has 2 aromatic carbocycles. The van der Waals surface area contributed by atoms with Crippen molar-refractivity contribution in [3.05, 3.63) is 64.2 Å². The largest absolute Gasteiger partial charge is 0.462 e. The zero-order valence-electron chi connectivity index (χ0n) is 13.1. The summed E-state index contributed by atoms with van der Waals surface area (Å²) in [6, 6.07) is 12.3. The lowest BCUT2D eigenvalue weighted by Gasteiger charge is -2.12. The van der Waals surface area contributed by atoms with Gasteiger partial charge in [-0.05, 0) is 49.2 Å². The second kappa shape index (κ2) is 7.79. The summed E-state index contributed by atoms with van der Waals surface area (Å²) in [6.45, 7) is 3.84. The molecular formula is C18H18ClNO3. The molecule has 0 aliphatic rings. The summed E-state index contributed by atoms with van der Waals surface area (Å²) in [5.41, 5.74) is 2.56. The maximum atomic E-state index is 12.2. The molecule has 2 aromatic rings. The second-order valence-electron chi connectivity index (χ2n) is 5.05. The molecule has 120 valence electrons. The maximum Gasteiger partial charge on any atom is 0.338 e. The number of hydrogen-bond donors (Lipinski definition) is 1. The van der Waals surface area contributed by atoms with E-state index in [9.17, 15) is 9.59 Å². The molecule has 0 unspecified atom stereocenters. The minimum atomic E-state index is -0.393. The Morgan fingerprint density at radius 2 is 1.91 bits per heavy atom. The van der Waals surface area contributed by atoms with Gasteiger partial charge in [-0.3, -0.25) is 4.79 Å². The molecule has 1 N–H and O–H groups in total. The fraction of sp³-hybridized carbons (Fsp3) is 0.222. The van der Waals surface area contributed by atoms with Crippen LogP contribution in [0.3, 0.4) is 0 Å². The quantitative estimate of drug-likeness (QED) is 0.842. The smallest absolute Gasteiger partial charge is 0.338 e. The first-order chi connectivity index (χ1) is 11.0. The molecule has 2 rings (SSSR count). The number of hydrogen-bond acceptors (Lipinski definition) is 3. The van der Waals surface area contributed by atoms with E-state index in [-0.39, 0.29) is 12.3 Å². The van der Waals surface area contributed by atoms with E-state index in [2.05, 4.69) is 5.32 Å². The first-order valence-corrected chi connectivity index (χ1v) is 7.70. The van der Waals surface area contributed by atoms with Crippen LogP contribution in [0.15, 0.2) is 42.5 Å². The number of ether oxygens (including phenoxy) is 1. The summed E-state index contributed by atoms with van der Waals surface area (Å²) in [7, 11) is 0. The van der Waals surface area contributed by atoms with Crippen LogP contribution in [0.25, 0.3) is 0 Å². The van der Waals surface area contributed by atoms with Crippen LogP contribution in [0.5, 0.6) is 0 Å². The summed E-state index contributed by atoms with van der Waals surface area (Å²) in [6.07, 6.45) is 0.212. The van der Waals surface area contributed by atoms with Gasteiger partial charge in [-0.25, -0.2) is 4.79 Å². The average Bonchev–Trinajstić information content (AvgIpc) is 2.49. The van der Waals surface area contributed by atoms with E-state index in [1.807, 2.05) is 6.07 Å². The molecule has 4 nitrogen and oxygen atoms in total. The van der Waals surface area contributed by atoms with Crippen LogP contribution in [-0.2, 0) is 16.0 Å². The van der Waals surface area contributed by atoms with Crippen molar-refractivity contribution in [1.82, 2.24) is 0 Å². The van der Waals surface area contributed by atoms with Gasteiger partial charge in [-0.1, -0.05) is 29.8 Å². The van der Waals surface area contributed by atoms with Crippen molar-refractivity contribution in [2.24, 2.45) is 0 Å². The highest BCUT2D eigenvalue weighted by Gasteiger charge is 2.14. The molecule has 0 atom stereocenters. The Kier molecular flexibility index (Phi) is 5.77. The van der Waals surface area contributed by atoms with Crippen molar-refractivity contribution in [1.29, 1.82) is 0 Å². The molecule has 0 aliphatic heterocycles. The van der Waals surface area contributed by atoms with E-state index in [0.717, 1.165) is 5.56 Å². The van der Waals surface area contributed by atoms with Gasteiger partial charge in [-0.15, -0.1) is 0 Å². The molecule has 0 saturated heterocycles. The fourth-order valence-corrected chi connectivity index (χ4v) is 2.44. The van der Waals surface area contributed by atoms with Gasteiger partial charge < -0.3 is 10.1 Å². The summed E-state index contributed by atoms with van der Waals surface area (Å²) in [5.74, 6) is -0.563. The van der Waals surface area contributed by atoms with Crippen LogP contribution in [0, 0.1) is 6.92 Å². The highest BCUT2D eigenvalue weighted by Crippen LogP contribution is 2.20. The van der Waals surface area contributed by atoms with Crippen molar-refractivity contribution in [2.45, 2.75) is 20.3 Å². The van der Waals surface area contributed by atoms with Gasteiger partial charge in [0.25, 0.3) is 0 Å². The third-order valence-electron chi connectivity index (χ3n) is 3.36. The number of amides is 1. The van der Waals surface area contributed by atoms with E-state index in [0.29, 0.717) is 28.4 Å². The molecule has 0 aromatic heterocycles. The molecule has 0 saturated carbocycles. The van der Waals surface area contributed by atoms with Gasteiger partial charge in [0, 0.05) is 10.7 Å². The normalized spacial score (nSPS) is 10.2. The average molecular weight is 332 g/mol. The van der Waals surface area contributed by atoms with E-state index in [4.69, 9.17) is 16.3 Å². The monoisotopic (exact) mass is 331 g/mol. The van der Waals surface area contributed by atoms with Gasteiger partial charge in [0.05, 0.1) is 18.6 Å². The highest BCUT2D eigenvalue weighted by molar-refractivity contribution is 6.30. The van der Waals surface area contributed by atoms with Crippen LogP contribution in [0.2, 0.25) is 5.02 Å². The van der Waals surface area contributed by atoms with Crippen LogP contribution in [0.1, 0.15) is 28.4 Å². The Morgan fingerprint density at radius 3 is 2.61 bits per heavy atom. The third-order valence-corrected chi connectivity index (χ3v) is 3.59. The standard InChI is InChI=1S/C18H18ClNO3/c1-3-23-18(22)15-8-5-9-16(12(15)2)20-17(21)11-13-6-4-7-14(19)10-13/h4-10H,3,11H2,1-2H3,(H,20,21). The van der Waals surface area contributed by atoms with Crippen LogP contribution in [0.4, 0.5) is 5.69 Å². The minimum Gasteiger partial charge on any atom is -0.462 e.